The van der Waals surface area contributed by atoms with Gasteiger partial charge >= 0.3 is 6.18 Å². The molecule has 0 spiro atoms. The number of halogens is 3. The number of allylic oxidation sites excluding steroid dienone is 1. The Kier molecular flexibility index (Phi) is 4.62. The van der Waals surface area contributed by atoms with Crippen LogP contribution < -0.4 is 15.2 Å². The lowest BCUT2D eigenvalue weighted by Gasteiger charge is -2.26. The molecule has 1 aliphatic rings. The highest BCUT2D eigenvalue weighted by atomic mass is 19.4. The van der Waals surface area contributed by atoms with Crippen LogP contribution in [0, 0.1) is 11.3 Å². The third-order valence-electron chi connectivity index (χ3n) is 4.89. The summed E-state index contributed by atoms with van der Waals surface area (Å²) >= 11 is 0. The number of aromatic amines is 1. The minimum absolute atomic E-state index is 0.0271. The molecule has 0 bridgehead atoms. The van der Waals surface area contributed by atoms with E-state index < -0.39 is 17.7 Å². The summed E-state index contributed by atoms with van der Waals surface area (Å²) in [6, 6.07) is 13.9. The van der Waals surface area contributed by atoms with Crippen LogP contribution in [-0.4, -0.2) is 17.3 Å². The van der Waals surface area contributed by atoms with Gasteiger partial charge in [0.1, 0.15) is 17.4 Å². The number of alkyl halides is 3. The van der Waals surface area contributed by atoms with Crippen LogP contribution in [0.4, 0.5) is 13.2 Å². The number of nitrogens with one attached hydrogen (secondary N) is 1. The number of nitriles is 1. The smallest absolute Gasteiger partial charge is 0.416 e. The molecule has 0 aliphatic carbocycles. The molecule has 0 saturated heterocycles. The fraction of sp³-hybridized carbons (Fsp3) is 0.143. The highest BCUT2D eigenvalue weighted by Crippen LogP contribution is 2.48. The van der Waals surface area contributed by atoms with E-state index >= 15 is 0 Å². The van der Waals surface area contributed by atoms with Gasteiger partial charge in [-0.2, -0.15) is 18.4 Å². The van der Waals surface area contributed by atoms with Crippen LogP contribution in [0.1, 0.15) is 22.6 Å². The molecule has 0 unspecified atom stereocenters. The zero-order valence-corrected chi connectivity index (χ0v) is 15.6. The minimum atomic E-state index is -4.62. The van der Waals surface area contributed by atoms with Crippen molar-refractivity contribution in [3.63, 3.8) is 0 Å². The molecule has 4 rings (SSSR count). The van der Waals surface area contributed by atoms with Gasteiger partial charge in [0, 0.05) is 5.56 Å². The predicted octanol–water partition coefficient (Wildman–Crippen LogP) is 4.32. The van der Waals surface area contributed by atoms with Crippen molar-refractivity contribution in [2.45, 2.75) is 12.1 Å². The van der Waals surface area contributed by atoms with Crippen LogP contribution in [0.25, 0.3) is 11.3 Å². The molecule has 3 N–H and O–H groups in total. The monoisotopic (exact) mass is 412 g/mol. The first kappa shape index (κ1) is 19.4. The maximum atomic E-state index is 13.7. The Balaban J connectivity index is 1.97. The lowest BCUT2D eigenvalue weighted by Crippen LogP contribution is -2.23. The summed E-state index contributed by atoms with van der Waals surface area (Å²) < 4.78 is 51.8. The molecule has 30 heavy (non-hydrogen) atoms. The third-order valence-corrected chi connectivity index (χ3v) is 4.89. The number of H-pyrrole nitrogens is 1. The molecule has 0 saturated carbocycles. The summed E-state index contributed by atoms with van der Waals surface area (Å²) in [6.07, 6.45) is -4.62. The van der Waals surface area contributed by atoms with E-state index in [4.69, 9.17) is 15.2 Å². The molecule has 3 aromatic rings. The van der Waals surface area contributed by atoms with Gasteiger partial charge in [-0.15, -0.1) is 5.10 Å². The fourth-order valence-electron chi connectivity index (χ4n) is 3.54. The fourth-order valence-corrected chi connectivity index (χ4v) is 3.54. The van der Waals surface area contributed by atoms with Gasteiger partial charge in [0.25, 0.3) is 0 Å². The molecular weight excluding hydrogens is 397 g/mol. The molecule has 0 fully saturated rings. The summed E-state index contributed by atoms with van der Waals surface area (Å²) in [5.74, 6) is -0.740. The van der Waals surface area contributed by atoms with E-state index in [0.717, 1.165) is 6.07 Å². The molecule has 152 valence electrons. The van der Waals surface area contributed by atoms with E-state index in [1.807, 2.05) is 6.07 Å². The number of methoxy groups -OCH3 is 1. The van der Waals surface area contributed by atoms with Crippen LogP contribution in [0.2, 0.25) is 0 Å². The van der Waals surface area contributed by atoms with Crippen molar-refractivity contribution in [1.82, 2.24) is 10.2 Å². The Bertz CT molecular complexity index is 1170. The molecule has 1 atom stereocenters. The van der Waals surface area contributed by atoms with Crippen molar-refractivity contribution in [2.24, 2.45) is 5.73 Å². The number of hydrogen-bond acceptors (Lipinski definition) is 5. The van der Waals surface area contributed by atoms with Crippen molar-refractivity contribution < 1.29 is 22.6 Å². The third kappa shape index (κ3) is 3.12. The number of benzene rings is 2. The molecule has 1 aromatic heterocycles. The zero-order valence-electron chi connectivity index (χ0n) is 15.6. The molecule has 0 amide bonds. The van der Waals surface area contributed by atoms with Gasteiger partial charge in [-0.1, -0.05) is 18.2 Å². The number of rotatable bonds is 3. The lowest BCUT2D eigenvalue weighted by atomic mass is 9.81. The first-order valence-electron chi connectivity index (χ1n) is 8.81. The summed E-state index contributed by atoms with van der Waals surface area (Å²) in [5.41, 5.74) is 6.16. The zero-order chi connectivity index (χ0) is 21.5. The average Bonchev–Trinajstić information content (AvgIpc) is 3.15. The van der Waals surface area contributed by atoms with E-state index in [2.05, 4.69) is 10.2 Å². The van der Waals surface area contributed by atoms with Crippen LogP contribution in [-0.2, 0) is 6.18 Å². The van der Waals surface area contributed by atoms with Gasteiger partial charge in [0.15, 0.2) is 0 Å². The quantitative estimate of drug-likeness (QED) is 0.668. The second-order valence-electron chi connectivity index (χ2n) is 6.56. The number of fused-ring (bicyclic) bond motifs is 1. The number of ether oxygens (including phenoxy) is 2. The Morgan fingerprint density at radius 2 is 1.87 bits per heavy atom. The van der Waals surface area contributed by atoms with Crippen LogP contribution in [0.5, 0.6) is 11.6 Å². The van der Waals surface area contributed by atoms with Gasteiger partial charge in [-0.3, -0.25) is 5.10 Å². The number of aromatic nitrogens is 2. The maximum Gasteiger partial charge on any atom is 0.416 e. The van der Waals surface area contributed by atoms with Crippen molar-refractivity contribution in [3.05, 3.63) is 76.7 Å². The second-order valence-corrected chi connectivity index (χ2v) is 6.56. The van der Waals surface area contributed by atoms with Crippen molar-refractivity contribution in [1.29, 1.82) is 5.26 Å². The highest BCUT2D eigenvalue weighted by molar-refractivity contribution is 5.71. The van der Waals surface area contributed by atoms with E-state index in [-0.39, 0.29) is 22.9 Å². The van der Waals surface area contributed by atoms with Gasteiger partial charge < -0.3 is 15.2 Å². The molecule has 6 nitrogen and oxygen atoms in total. The Morgan fingerprint density at radius 3 is 2.50 bits per heavy atom. The first-order chi connectivity index (χ1) is 14.3. The SMILES string of the molecule is COc1ccc(-c2[nH]nc3c2[C@H](c2ccccc2C(F)(F)F)C(C#N)=C(N)O3)cc1. The summed E-state index contributed by atoms with van der Waals surface area (Å²) in [7, 11) is 1.53. The number of nitrogens with zero attached hydrogens (tertiary/aromatic N) is 2. The Labute approximate surface area is 169 Å². The molecule has 1 aliphatic heterocycles. The Morgan fingerprint density at radius 1 is 1.17 bits per heavy atom. The average molecular weight is 412 g/mol. The van der Waals surface area contributed by atoms with Crippen LogP contribution in [0.3, 0.4) is 0 Å². The normalized spacial score (nSPS) is 15.9. The predicted molar refractivity (Wildman–Crippen MR) is 101 cm³/mol. The van der Waals surface area contributed by atoms with Crippen molar-refractivity contribution in [2.75, 3.05) is 7.11 Å². The van der Waals surface area contributed by atoms with Gasteiger partial charge in [-0.25, -0.2) is 0 Å². The van der Waals surface area contributed by atoms with E-state index in [0.29, 0.717) is 22.6 Å². The minimum Gasteiger partial charge on any atom is -0.497 e. The van der Waals surface area contributed by atoms with Crippen molar-refractivity contribution >= 4 is 0 Å². The lowest BCUT2D eigenvalue weighted by molar-refractivity contribution is -0.138. The number of hydrogen-bond donors (Lipinski definition) is 2. The van der Waals surface area contributed by atoms with Gasteiger partial charge in [0.05, 0.1) is 29.8 Å². The van der Waals surface area contributed by atoms with E-state index in [1.165, 1.54) is 25.3 Å². The molecule has 0 radical (unpaired) electrons. The van der Waals surface area contributed by atoms with Gasteiger partial charge in [0.2, 0.25) is 11.8 Å². The first-order valence-corrected chi connectivity index (χ1v) is 8.81. The highest BCUT2D eigenvalue weighted by Gasteiger charge is 2.41. The van der Waals surface area contributed by atoms with Crippen LogP contribution >= 0.6 is 0 Å². The van der Waals surface area contributed by atoms with E-state index in [1.54, 1.807) is 24.3 Å². The Hall–Kier alpha value is -3.93. The summed E-state index contributed by atoms with van der Waals surface area (Å²) in [4.78, 5) is 0. The molecule has 9 heteroatoms. The molecular formula is C21H15F3N4O2. The summed E-state index contributed by atoms with van der Waals surface area (Å²) in [5, 5.41) is 16.6. The molecule has 2 aromatic carbocycles. The second kappa shape index (κ2) is 7.15. The van der Waals surface area contributed by atoms with Crippen molar-refractivity contribution in [3.8, 4) is 29.0 Å². The standard InChI is InChI=1S/C21H15F3N4O2/c1-29-12-8-6-11(7-9-12)18-17-16(13-4-2-3-5-15(13)21(22,23)24)14(10-25)19(26)30-20(17)28-27-18/h2-9,16H,26H2,1H3,(H,27,28)/t16-/m1/s1. The van der Waals surface area contributed by atoms with Gasteiger partial charge in [-0.05, 0) is 35.9 Å². The topological polar surface area (TPSA) is 97.0 Å². The number of nitrogens with two attached hydrogens (primary N) is 1. The maximum absolute atomic E-state index is 13.7. The summed E-state index contributed by atoms with van der Waals surface area (Å²) in [6.45, 7) is 0. The largest absolute Gasteiger partial charge is 0.497 e. The van der Waals surface area contributed by atoms with Crippen LogP contribution in [0.15, 0.2) is 60.0 Å². The van der Waals surface area contributed by atoms with E-state index in [9.17, 15) is 18.4 Å². The molecule has 2 heterocycles.